The Morgan fingerprint density at radius 2 is 1.82 bits per heavy atom. The van der Waals surface area contributed by atoms with Gasteiger partial charge in [-0.25, -0.2) is 4.98 Å². The Kier molecular flexibility index (Phi) is 9.60. The predicted octanol–water partition coefficient (Wildman–Crippen LogP) is 3.37. The number of aromatic nitrogens is 2. The Balaban J connectivity index is 2.01. The summed E-state index contributed by atoms with van der Waals surface area (Å²) in [7, 11) is 9.17. The van der Waals surface area contributed by atoms with Crippen LogP contribution in [0.5, 0.6) is 5.75 Å². The van der Waals surface area contributed by atoms with Gasteiger partial charge < -0.3 is 30.5 Å². The maximum Gasteiger partial charge on any atom is 0.247 e. The average Bonchev–Trinajstić information content (AvgIpc) is 2.92. The molecule has 0 aliphatic heterocycles. The fraction of sp³-hybridized carbons (Fsp3) is 0.259. The summed E-state index contributed by atoms with van der Waals surface area (Å²) in [6.45, 7) is 5.00. The van der Waals surface area contributed by atoms with Gasteiger partial charge in [0, 0.05) is 46.5 Å². The molecule has 0 bridgehead atoms. The number of benzene rings is 2. The first kappa shape index (κ1) is 27.9. The molecule has 0 saturated carbocycles. The van der Waals surface area contributed by atoms with E-state index >= 15 is 0 Å². The topological polar surface area (TPSA) is 115 Å². The molecule has 0 saturated heterocycles. The molecule has 3 N–H and O–H groups in total. The summed E-state index contributed by atoms with van der Waals surface area (Å²) >= 11 is 0. The molecule has 0 spiro atoms. The molecule has 0 aliphatic rings. The number of anilines is 7. The van der Waals surface area contributed by atoms with Crippen molar-refractivity contribution in [2.45, 2.75) is 0 Å². The number of nitrogens with one attached hydrogen (secondary N) is 3. The minimum atomic E-state index is -0.344. The first-order chi connectivity index (χ1) is 18.3. The molecule has 3 aromatic rings. The maximum atomic E-state index is 12.2. The maximum absolute atomic E-state index is 12.2. The standard InChI is InChI=1S/C27H34N8O3/c1-7-26(37)30-19-16-20(24(38-6)17-23(19)34(5)15-14-28-2)31-27-29-13-12-25(32-27)35(18-36)22-11-9-8-10-21(22)33(3)4/h7-13,16-18,28H,1,14-15H2,2-6H3,(H,30,37)(H,29,31,32). The number of nitrogens with zero attached hydrogens (tertiary/aromatic N) is 5. The minimum absolute atomic E-state index is 0.243. The number of likely N-dealkylation sites (N-methyl/N-ethyl adjacent to an activating group) is 2. The number of carbonyl (C=O) groups is 2. The Morgan fingerprint density at radius 1 is 1.08 bits per heavy atom. The van der Waals surface area contributed by atoms with Crippen molar-refractivity contribution in [1.82, 2.24) is 15.3 Å². The number of methoxy groups -OCH3 is 1. The van der Waals surface area contributed by atoms with E-state index in [9.17, 15) is 9.59 Å². The van der Waals surface area contributed by atoms with Crippen LogP contribution >= 0.6 is 0 Å². The quantitative estimate of drug-likeness (QED) is 0.231. The van der Waals surface area contributed by atoms with Crippen LogP contribution in [0.25, 0.3) is 0 Å². The van der Waals surface area contributed by atoms with Crippen molar-refractivity contribution in [1.29, 1.82) is 0 Å². The third kappa shape index (κ3) is 6.56. The van der Waals surface area contributed by atoms with Crippen LogP contribution in [0.1, 0.15) is 0 Å². The van der Waals surface area contributed by atoms with E-state index in [0.29, 0.717) is 41.6 Å². The predicted molar refractivity (Wildman–Crippen MR) is 153 cm³/mol. The number of hydrogen-bond acceptors (Lipinski definition) is 9. The van der Waals surface area contributed by atoms with Gasteiger partial charge >= 0.3 is 0 Å². The van der Waals surface area contributed by atoms with Crippen LogP contribution in [-0.2, 0) is 9.59 Å². The minimum Gasteiger partial charge on any atom is -0.494 e. The summed E-state index contributed by atoms with van der Waals surface area (Å²) in [6.07, 6.45) is 3.49. The van der Waals surface area contributed by atoms with Gasteiger partial charge in [0.2, 0.25) is 18.3 Å². The van der Waals surface area contributed by atoms with Crippen LogP contribution in [0.2, 0.25) is 0 Å². The zero-order valence-electron chi connectivity index (χ0n) is 22.4. The Bertz CT molecular complexity index is 1280. The summed E-state index contributed by atoms with van der Waals surface area (Å²) < 4.78 is 5.64. The molecule has 0 unspecified atom stereocenters. The van der Waals surface area contributed by atoms with Crippen molar-refractivity contribution in [2.75, 3.05) is 73.7 Å². The molecular weight excluding hydrogens is 484 g/mol. The van der Waals surface area contributed by atoms with Gasteiger partial charge in [-0.2, -0.15) is 4.98 Å². The van der Waals surface area contributed by atoms with Crippen LogP contribution in [0.15, 0.2) is 61.3 Å². The molecule has 1 heterocycles. The van der Waals surface area contributed by atoms with Gasteiger partial charge in [-0.15, -0.1) is 0 Å². The zero-order chi connectivity index (χ0) is 27.7. The highest BCUT2D eigenvalue weighted by molar-refractivity contribution is 6.02. The van der Waals surface area contributed by atoms with Crippen molar-refractivity contribution in [3.05, 3.63) is 61.3 Å². The molecule has 0 atom stereocenters. The van der Waals surface area contributed by atoms with Gasteiger partial charge in [0.05, 0.1) is 35.5 Å². The fourth-order valence-electron chi connectivity index (χ4n) is 3.78. The lowest BCUT2D eigenvalue weighted by Gasteiger charge is -2.25. The van der Waals surface area contributed by atoms with Crippen molar-refractivity contribution in [3.63, 3.8) is 0 Å². The van der Waals surface area contributed by atoms with E-state index in [0.717, 1.165) is 17.9 Å². The molecule has 11 nitrogen and oxygen atoms in total. The van der Waals surface area contributed by atoms with Gasteiger partial charge in [-0.05, 0) is 37.4 Å². The van der Waals surface area contributed by atoms with Gasteiger partial charge in [0.15, 0.2) is 0 Å². The summed E-state index contributed by atoms with van der Waals surface area (Å²) in [6, 6.07) is 12.8. The Morgan fingerprint density at radius 3 is 2.45 bits per heavy atom. The SMILES string of the molecule is C=CC(=O)Nc1cc(Nc2nccc(N(C=O)c3ccccc3N(C)C)n2)c(OC)cc1N(C)CCNC. The molecule has 0 fully saturated rings. The fourth-order valence-corrected chi connectivity index (χ4v) is 3.78. The second-order valence-electron chi connectivity index (χ2n) is 8.51. The number of amides is 2. The van der Waals surface area contributed by atoms with Gasteiger partial charge in [-0.3, -0.25) is 14.5 Å². The Labute approximate surface area is 223 Å². The molecule has 11 heteroatoms. The lowest BCUT2D eigenvalue weighted by Crippen LogP contribution is -2.28. The zero-order valence-corrected chi connectivity index (χ0v) is 22.4. The van der Waals surface area contributed by atoms with Crippen LogP contribution in [0.3, 0.4) is 0 Å². The number of carbonyl (C=O) groups excluding carboxylic acids is 2. The lowest BCUT2D eigenvalue weighted by molar-refractivity contribution is -0.112. The highest BCUT2D eigenvalue weighted by atomic mass is 16.5. The van der Waals surface area contributed by atoms with E-state index in [4.69, 9.17) is 4.74 Å². The molecule has 3 rings (SSSR count). The smallest absolute Gasteiger partial charge is 0.247 e. The lowest BCUT2D eigenvalue weighted by atomic mass is 10.2. The van der Waals surface area contributed by atoms with E-state index in [1.54, 1.807) is 25.4 Å². The first-order valence-electron chi connectivity index (χ1n) is 11.9. The van der Waals surface area contributed by atoms with Crippen molar-refractivity contribution >= 4 is 52.5 Å². The van der Waals surface area contributed by atoms with Gasteiger partial charge in [-0.1, -0.05) is 18.7 Å². The summed E-state index contributed by atoms with van der Waals surface area (Å²) in [4.78, 5) is 38.6. The third-order valence-electron chi connectivity index (χ3n) is 5.73. The summed E-state index contributed by atoms with van der Waals surface area (Å²) in [5, 5.41) is 9.14. The van der Waals surface area contributed by atoms with Crippen LogP contribution in [0, 0.1) is 0 Å². The summed E-state index contributed by atoms with van der Waals surface area (Å²) in [5.74, 6) is 0.803. The van der Waals surface area contributed by atoms with Gasteiger partial charge in [0.25, 0.3) is 0 Å². The number of para-hydroxylation sites is 2. The largest absolute Gasteiger partial charge is 0.494 e. The highest BCUT2D eigenvalue weighted by Gasteiger charge is 2.18. The van der Waals surface area contributed by atoms with Crippen molar-refractivity contribution in [3.8, 4) is 5.75 Å². The second kappa shape index (κ2) is 13.1. The van der Waals surface area contributed by atoms with E-state index < -0.39 is 0 Å². The molecular formula is C27H34N8O3. The highest BCUT2D eigenvalue weighted by Crippen LogP contribution is 2.38. The van der Waals surface area contributed by atoms with E-state index in [1.165, 1.54) is 11.0 Å². The molecule has 1 aromatic heterocycles. The van der Waals surface area contributed by atoms with Crippen LogP contribution in [0.4, 0.5) is 40.2 Å². The number of hydrogen-bond donors (Lipinski definition) is 3. The molecule has 2 amide bonds. The normalized spacial score (nSPS) is 10.3. The van der Waals surface area contributed by atoms with Gasteiger partial charge in [0.1, 0.15) is 11.6 Å². The molecule has 2 aromatic carbocycles. The number of ether oxygens (including phenoxy) is 1. The van der Waals surface area contributed by atoms with E-state index in [2.05, 4.69) is 32.5 Å². The van der Waals surface area contributed by atoms with E-state index in [1.807, 2.05) is 68.3 Å². The molecule has 0 aliphatic carbocycles. The summed E-state index contributed by atoms with van der Waals surface area (Å²) in [5.41, 5.74) is 3.39. The molecule has 38 heavy (non-hydrogen) atoms. The second-order valence-corrected chi connectivity index (χ2v) is 8.51. The monoisotopic (exact) mass is 518 g/mol. The molecule has 0 radical (unpaired) electrons. The van der Waals surface area contributed by atoms with Crippen molar-refractivity contribution in [2.24, 2.45) is 0 Å². The number of rotatable bonds is 13. The first-order valence-corrected chi connectivity index (χ1v) is 11.9. The third-order valence-corrected chi connectivity index (χ3v) is 5.73. The average molecular weight is 519 g/mol. The van der Waals surface area contributed by atoms with Crippen LogP contribution < -0.4 is 35.4 Å². The van der Waals surface area contributed by atoms with E-state index in [-0.39, 0.29) is 11.9 Å². The van der Waals surface area contributed by atoms with Crippen molar-refractivity contribution < 1.29 is 14.3 Å². The Hall–Kier alpha value is -4.64. The van der Waals surface area contributed by atoms with Crippen LogP contribution in [-0.4, -0.2) is 70.7 Å². The molecule has 200 valence electrons.